The van der Waals surface area contributed by atoms with Gasteiger partial charge in [-0.3, -0.25) is 0 Å². The highest BCUT2D eigenvalue weighted by Crippen LogP contribution is 2.31. The van der Waals surface area contributed by atoms with Crippen LogP contribution in [0.3, 0.4) is 0 Å². The molecule has 1 aliphatic carbocycles. The summed E-state index contributed by atoms with van der Waals surface area (Å²) in [5, 5.41) is 21.8. The van der Waals surface area contributed by atoms with Gasteiger partial charge >= 0.3 is 5.97 Å². The van der Waals surface area contributed by atoms with Crippen LogP contribution in [-0.4, -0.2) is 34.9 Å². The molecule has 1 fully saturated rings. The van der Waals surface area contributed by atoms with E-state index >= 15 is 0 Å². The molecule has 0 spiro atoms. The zero-order valence-electron chi connectivity index (χ0n) is 9.83. The Labute approximate surface area is 96.4 Å². The Bertz CT molecular complexity index is 267. The molecular weight excluding hydrogens is 206 g/mol. The minimum Gasteiger partial charge on any atom is -0.478 e. The minimum absolute atomic E-state index is 0.132. The van der Waals surface area contributed by atoms with E-state index in [1.54, 1.807) is 0 Å². The second-order valence-corrected chi connectivity index (χ2v) is 4.92. The van der Waals surface area contributed by atoms with E-state index in [1.165, 1.54) is 0 Å². The Kier molecular flexibility index (Phi) is 4.50. The summed E-state index contributed by atoms with van der Waals surface area (Å²) in [5.74, 6) is -0.300. The van der Waals surface area contributed by atoms with Gasteiger partial charge in [0.1, 0.15) is 0 Å². The molecule has 0 radical (unpaired) electrons. The van der Waals surface area contributed by atoms with E-state index in [0.717, 1.165) is 25.7 Å². The van der Waals surface area contributed by atoms with Crippen LogP contribution in [0.5, 0.6) is 0 Å². The molecule has 4 heteroatoms. The Morgan fingerprint density at radius 2 is 2.06 bits per heavy atom. The standard InChI is InChI=1S/C12H21NO3/c1-9-3-5-12(16,6-4-9)8-13-7-10(2)11(14)15/h9,13,16H,2-8H2,1H3,(H,14,15). The number of aliphatic hydroxyl groups is 1. The van der Waals surface area contributed by atoms with Crippen LogP contribution in [0.1, 0.15) is 32.6 Å². The maximum atomic E-state index is 10.5. The third-order valence-electron chi connectivity index (χ3n) is 3.30. The molecule has 0 aromatic carbocycles. The predicted molar refractivity (Wildman–Crippen MR) is 62.2 cm³/mol. The van der Waals surface area contributed by atoms with Gasteiger partial charge in [-0.2, -0.15) is 0 Å². The van der Waals surface area contributed by atoms with Gasteiger partial charge in [-0.1, -0.05) is 13.5 Å². The van der Waals surface area contributed by atoms with Crippen molar-refractivity contribution in [2.45, 2.75) is 38.2 Å². The summed E-state index contributed by atoms with van der Waals surface area (Å²) in [6.45, 7) is 6.30. The van der Waals surface area contributed by atoms with E-state index in [1.807, 2.05) is 0 Å². The summed E-state index contributed by atoms with van der Waals surface area (Å²) in [7, 11) is 0. The van der Waals surface area contributed by atoms with Crippen molar-refractivity contribution in [2.24, 2.45) is 5.92 Å². The van der Waals surface area contributed by atoms with E-state index in [0.29, 0.717) is 12.5 Å². The molecule has 0 atom stereocenters. The smallest absolute Gasteiger partial charge is 0.332 e. The summed E-state index contributed by atoms with van der Waals surface area (Å²) in [5.41, 5.74) is -0.529. The SMILES string of the molecule is C=C(CNCC1(O)CCC(C)CC1)C(=O)O. The Hall–Kier alpha value is -0.870. The van der Waals surface area contributed by atoms with Gasteiger partial charge in [-0.15, -0.1) is 0 Å². The molecule has 0 aromatic rings. The largest absolute Gasteiger partial charge is 0.478 e. The summed E-state index contributed by atoms with van der Waals surface area (Å²) < 4.78 is 0. The molecule has 0 aromatic heterocycles. The molecule has 0 bridgehead atoms. The van der Waals surface area contributed by atoms with E-state index in [9.17, 15) is 9.90 Å². The Morgan fingerprint density at radius 3 is 2.56 bits per heavy atom. The maximum Gasteiger partial charge on any atom is 0.332 e. The monoisotopic (exact) mass is 227 g/mol. The van der Waals surface area contributed by atoms with E-state index in [2.05, 4.69) is 18.8 Å². The molecule has 0 unspecified atom stereocenters. The average molecular weight is 227 g/mol. The Morgan fingerprint density at radius 1 is 1.50 bits per heavy atom. The summed E-state index contributed by atoms with van der Waals surface area (Å²) >= 11 is 0. The third-order valence-corrected chi connectivity index (χ3v) is 3.30. The molecule has 0 amide bonds. The van der Waals surface area contributed by atoms with Crippen molar-refractivity contribution < 1.29 is 15.0 Å². The fourth-order valence-electron chi connectivity index (χ4n) is 2.00. The van der Waals surface area contributed by atoms with E-state index in [4.69, 9.17) is 5.11 Å². The lowest BCUT2D eigenvalue weighted by Gasteiger charge is -2.35. The lowest BCUT2D eigenvalue weighted by Crippen LogP contribution is -2.44. The van der Waals surface area contributed by atoms with Gasteiger partial charge in [0.2, 0.25) is 0 Å². The number of aliphatic carboxylic acids is 1. The second-order valence-electron chi connectivity index (χ2n) is 4.92. The zero-order chi connectivity index (χ0) is 12.2. The van der Waals surface area contributed by atoms with Crippen molar-refractivity contribution in [2.75, 3.05) is 13.1 Å². The van der Waals surface area contributed by atoms with Gasteiger partial charge in [-0.05, 0) is 31.6 Å². The molecule has 0 saturated heterocycles. The number of carbonyl (C=O) groups is 1. The average Bonchev–Trinajstić information content (AvgIpc) is 2.23. The van der Waals surface area contributed by atoms with Crippen LogP contribution in [0.15, 0.2) is 12.2 Å². The second kappa shape index (κ2) is 5.46. The maximum absolute atomic E-state index is 10.5. The molecule has 16 heavy (non-hydrogen) atoms. The first-order valence-electron chi connectivity index (χ1n) is 5.77. The van der Waals surface area contributed by atoms with Crippen LogP contribution in [0.2, 0.25) is 0 Å². The molecule has 0 heterocycles. The van der Waals surface area contributed by atoms with E-state index in [-0.39, 0.29) is 12.1 Å². The van der Waals surface area contributed by atoms with E-state index < -0.39 is 11.6 Å². The van der Waals surface area contributed by atoms with Crippen molar-refractivity contribution in [3.05, 3.63) is 12.2 Å². The van der Waals surface area contributed by atoms with Gasteiger partial charge in [0, 0.05) is 18.7 Å². The van der Waals surface area contributed by atoms with Crippen molar-refractivity contribution in [1.82, 2.24) is 5.32 Å². The van der Waals surface area contributed by atoms with Crippen LogP contribution < -0.4 is 5.32 Å². The number of hydrogen-bond donors (Lipinski definition) is 3. The number of carboxylic acids is 1. The lowest BCUT2D eigenvalue weighted by molar-refractivity contribution is -0.132. The zero-order valence-corrected chi connectivity index (χ0v) is 9.83. The molecule has 3 N–H and O–H groups in total. The highest BCUT2D eigenvalue weighted by atomic mass is 16.4. The first-order valence-corrected chi connectivity index (χ1v) is 5.77. The summed E-state index contributed by atoms with van der Waals surface area (Å²) in [4.78, 5) is 10.5. The summed E-state index contributed by atoms with van der Waals surface area (Å²) in [6, 6.07) is 0. The fourth-order valence-corrected chi connectivity index (χ4v) is 2.00. The lowest BCUT2D eigenvalue weighted by atomic mass is 9.79. The first kappa shape index (κ1) is 13.2. The highest BCUT2D eigenvalue weighted by Gasteiger charge is 2.31. The fraction of sp³-hybridized carbons (Fsp3) is 0.750. The van der Waals surface area contributed by atoms with Gasteiger partial charge in [0.25, 0.3) is 0 Å². The van der Waals surface area contributed by atoms with Gasteiger partial charge in [0.05, 0.1) is 5.60 Å². The van der Waals surface area contributed by atoms with Gasteiger partial charge in [0.15, 0.2) is 0 Å². The predicted octanol–water partition coefficient (Wildman–Crippen LogP) is 1.16. The number of hydrogen-bond acceptors (Lipinski definition) is 3. The first-order chi connectivity index (χ1) is 7.43. The van der Waals surface area contributed by atoms with Crippen molar-refractivity contribution >= 4 is 5.97 Å². The van der Waals surface area contributed by atoms with Crippen LogP contribution in [0, 0.1) is 5.92 Å². The third kappa shape index (κ3) is 3.94. The number of rotatable bonds is 5. The van der Waals surface area contributed by atoms with Crippen molar-refractivity contribution in [3.63, 3.8) is 0 Å². The molecular formula is C12H21NO3. The van der Waals surface area contributed by atoms with Crippen molar-refractivity contribution in [3.8, 4) is 0 Å². The highest BCUT2D eigenvalue weighted by molar-refractivity contribution is 5.86. The minimum atomic E-state index is -0.989. The number of nitrogens with one attached hydrogen (secondary N) is 1. The molecule has 1 aliphatic rings. The quantitative estimate of drug-likeness (QED) is 0.616. The normalized spacial score (nSPS) is 30.0. The Balaban J connectivity index is 2.26. The molecule has 1 rings (SSSR count). The van der Waals surface area contributed by atoms with Crippen LogP contribution in [0.4, 0.5) is 0 Å². The van der Waals surface area contributed by atoms with Crippen molar-refractivity contribution in [1.29, 1.82) is 0 Å². The van der Waals surface area contributed by atoms with Crippen LogP contribution in [0.25, 0.3) is 0 Å². The molecule has 0 aliphatic heterocycles. The molecule has 4 nitrogen and oxygen atoms in total. The van der Waals surface area contributed by atoms with Gasteiger partial charge in [-0.25, -0.2) is 4.79 Å². The summed E-state index contributed by atoms with van der Waals surface area (Å²) in [6.07, 6.45) is 3.66. The van der Waals surface area contributed by atoms with Crippen LogP contribution in [-0.2, 0) is 4.79 Å². The molecule has 92 valence electrons. The molecule has 1 saturated carbocycles. The van der Waals surface area contributed by atoms with Crippen LogP contribution >= 0.6 is 0 Å². The topological polar surface area (TPSA) is 69.6 Å². The number of carboxylic acid groups (broad SMARTS) is 1. The van der Waals surface area contributed by atoms with Gasteiger partial charge < -0.3 is 15.5 Å².